The lowest BCUT2D eigenvalue weighted by Gasteiger charge is -2.48. The first-order valence-electron chi connectivity index (χ1n) is 25.5. The minimum atomic E-state index is -0.553. The average molecular weight is 954 g/mol. The number of carbonyl (C=O) groups excluding carboxylic acids is 4. The summed E-state index contributed by atoms with van der Waals surface area (Å²) in [6.45, 7) is 14.6. The van der Waals surface area contributed by atoms with Crippen molar-refractivity contribution in [2.24, 2.45) is 11.3 Å². The van der Waals surface area contributed by atoms with Crippen molar-refractivity contribution in [3.8, 4) is 0 Å². The highest BCUT2D eigenvalue weighted by molar-refractivity contribution is 6.01. The molecule has 4 N–H and O–H groups in total. The Balaban J connectivity index is 0.736. The number of nitrogens with zero attached hydrogens (tertiary/aromatic N) is 7. The van der Waals surface area contributed by atoms with E-state index in [2.05, 4.69) is 76.8 Å². The molecule has 3 aromatic rings. The first kappa shape index (κ1) is 50.0. The number of likely N-dealkylation sites (tertiary alicyclic amines) is 1. The molecule has 5 aliphatic rings. The van der Waals surface area contributed by atoms with E-state index >= 15 is 8.78 Å². The zero-order valence-electron chi connectivity index (χ0n) is 40.8. The summed E-state index contributed by atoms with van der Waals surface area (Å²) in [6, 6.07) is 12.8. The van der Waals surface area contributed by atoms with Gasteiger partial charge in [0.15, 0.2) is 0 Å². The molecule has 5 aliphatic heterocycles. The SMILES string of the molecule is CC1(C)CCN(Cc2cc(F)c(N3CC(=O)NC4(CCN(c5cc(NCCCCCCC(CCNC=O)CN6CCN(c7ccc(C8CCC(=O)NC8=O)cc7)CC6)ncn5)CC4)C3)cc2F)CC1. The van der Waals surface area contributed by atoms with Crippen LogP contribution in [0.2, 0.25) is 0 Å². The number of piperazine rings is 2. The van der Waals surface area contributed by atoms with Crippen LogP contribution in [0.25, 0.3) is 0 Å². The van der Waals surface area contributed by atoms with Crippen LogP contribution in [0.3, 0.4) is 0 Å². The third kappa shape index (κ3) is 13.5. The zero-order valence-corrected chi connectivity index (χ0v) is 40.8. The van der Waals surface area contributed by atoms with Crippen LogP contribution in [0.4, 0.5) is 31.8 Å². The number of rotatable bonds is 20. The van der Waals surface area contributed by atoms with Gasteiger partial charge in [-0.3, -0.25) is 34.3 Å². The number of carbonyl (C=O) groups is 4. The van der Waals surface area contributed by atoms with E-state index < -0.39 is 17.2 Å². The zero-order chi connectivity index (χ0) is 48.4. The Bertz CT molecular complexity index is 2220. The van der Waals surface area contributed by atoms with Gasteiger partial charge in [0.2, 0.25) is 24.1 Å². The lowest BCUT2D eigenvalue weighted by Crippen LogP contribution is -2.66. The highest BCUT2D eigenvalue weighted by Gasteiger charge is 2.42. The molecule has 0 bridgehead atoms. The molecule has 6 heterocycles. The molecule has 1 aromatic heterocycles. The van der Waals surface area contributed by atoms with E-state index in [4.69, 9.17) is 0 Å². The minimum Gasteiger partial charge on any atom is -0.370 e. The molecular weight excluding hydrogens is 881 g/mol. The van der Waals surface area contributed by atoms with E-state index in [9.17, 15) is 19.2 Å². The smallest absolute Gasteiger partial charge is 0.240 e. The molecule has 4 amide bonds. The molecule has 0 aliphatic carbocycles. The summed E-state index contributed by atoms with van der Waals surface area (Å²) in [5.41, 5.74) is 2.32. The number of imide groups is 1. The van der Waals surface area contributed by atoms with Gasteiger partial charge in [-0.05, 0) is 99.6 Å². The monoisotopic (exact) mass is 954 g/mol. The van der Waals surface area contributed by atoms with Gasteiger partial charge >= 0.3 is 0 Å². The topological polar surface area (TPSA) is 158 Å². The van der Waals surface area contributed by atoms with Gasteiger partial charge in [0, 0.05) is 102 Å². The minimum absolute atomic E-state index is 0.0145. The second-order valence-electron chi connectivity index (χ2n) is 21.0. The molecule has 0 saturated carbocycles. The Morgan fingerprint density at radius 3 is 2.28 bits per heavy atom. The molecule has 1 spiro atoms. The summed E-state index contributed by atoms with van der Waals surface area (Å²) >= 11 is 0. The summed E-state index contributed by atoms with van der Waals surface area (Å²) in [6.07, 6.45) is 13.1. The lowest BCUT2D eigenvalue weighted by molar-refractivity contribution is -0.134. The standard InChI is InChI=1S/C52H73F2N11O4/c1-51(2)15-21-61(22-16-51)33-40-29-44(54)45(30-43(40)53)65-34-49(68)60-52(35-65)17-23-64(24-18-52)47-31-46(57-36-58-47)56-19-6-4-3-5-7-38(14-20-55-37-66)32-62-25-27-63(28-26-62)41-10-8-39(9-11-41)42-12-13-48(67)59-50(42)69/h8-11,29-31,36-38,42H,3-7,12-28,32-35H2,1-2H3,(H,55,66)(H,60,68)(H,56,57,58)(H,59,67,69). The third-order valence-corrected chi connectivity index (χ3v) is 15.4. The van der Waals surface area contributed by atoms with Crippen LogP contribution in [0.1, 0.15) is 108 Å². The molecule has 17 heteroatoms. The van der Waals surface area contributed by atoms with Gasteiger partial charge in [0.25, 0.3) is 0 Å². The van der Waals surface area contributed by atoms with Gasteiger partial charge in [-0.1, -0.05) is 45.2 Å². The van der Waals surface area contributed by atoms with Crippen molar-refractivity contribution in [2.75, 3.05) is 105 Å². The first-order chi connectivity index (χ1) is 33.3. The molecule has 8 rings (SSSR count). The molecule has 0 radical (unpaired) electrons. The van der Waals surface area contributed by atoms with Crippen molar-refractivity contribution in [3.05, 3.63) is 71.6 Å². The Kier molecular flexibility index (Phi) is 16.7. The predicted molar refractivity (Wildman–Crippen MR) is 265 cm³/mol. The van der Waals surface area contributed by atoms with Crippen molar-refractivity contribution in [2.45, 2.75) is 109 Å². The van der Waals surface area contributed by atoms with Gasteiger partial charge in [-0.25, -0.2) is 18.7 Å². The molecule has 5 saturated heterocycles. The Morgan fingerprint density at radius 2 is 1.54 bits per heavy atom. The van der Waals surface area contributed by atoms with Gasteiger partial charge in [0.05, 0.1) is 23.7 Å². The van der Waals surface area contributed by atoms with Crippen LogP contribution in [-0.4, -0.2) is 135 Å². The lowest BCUT2D eigenvalue weighted by atomic mass is 9.82. The van der Waals surface area contributed by atoms with E-state index in [0.717, 1.165) is 133 Å². The van der Waals surface area contributed by atoms with Crippen molar-refractivity contribution >= 4 is 47.1 Å². The fourth-order valence-electron chi connectivity index (χ4n) is 11.0. The average Bonchev–Trinajstić information content (AvgIpc) is 3.33. The number of aromatic nitrogens is 2. The molecule has 2 aromatic carbocycles. The largest absolute Gasteiger partial charge is 0.370 e. The second kappa shape index (κ2) is 23.0. The van der Waals surface area contributed by atoms with Crippen LogP contribution < -0.4 is 36.0 Å². The summed E-state index contributed by atoms with van der Waals surface area (Å²) < 4.78 is 31.2. The van der Waals surface area contributed by atoms with Gasteiger partial charge < -0.3 is 30.7 Å². The molecular formula is C52H73F2N11O4. The Labute approximate surface area is 406 Å². The van der Waals surface area contributed by atoms with Gasteiger partial charge in [-0.15, -0.1) is 0 Å². The van der Waals surface area contributed by atoms with E-state index in [-0.39, 0.29) is 41.3 Å². The fourth-order valence-corrected chi connectivity index (χ4v) is 11.0. The number of benzene rings is 2. The molecule has 69 heavy (non-hydrogen) atoms. The number of hydrogen-bond acceptors (Lipinski definition) is 12. The number of anilines is 4. The maximum Gasteiger partial charge on any atom is 0.240 e. The summed E-state index contributed by atoms with van der Waals surface area (Å²) in [5, 5.41) is 12.0. The number of piperidine rings is 3. The third-order valence-electron chi connectivity index (χ3n) is 15.4. The molecule has 5 fully saturated rings. The number of unbranched alkanes of at least 4 members (excludes halogenated alkanes) is 3. The highest BCUT2D eigenvalue weighted by Crippen LogP contribution is 2.35. The van der Waals surface area contributed by atoms with Crippen LogP contribution in [-0.2, 0) is 25.7 Å². The molecule has 2 unspecified atom stereocenters. The van der Waals surface area contributed by atoms with E-state index in [1.165, 1.54) is 12.1 Å². The number of amides is 4. The van der Waals surface area contributed by atoms with Crippen LogP contribution >= 0.6 is 0 Å². The van der Waals surface area contributed by atoms with E-state index in [1.807, 2.05) is 18.2 Å². The number of halogens is 2. The molecule has 15 nitrogen and oxygen atoms in total. The summed E-state index contributed by atoms with van der Waals surface area (Å²) in [7, 11) is 0. The predicted octanol–water partition coefficient (Wildman–Crippen LogP) is 5.81. The quantitative estimate of drug-likeness (QED) is 0.0614. The Morgan fingerprint density at radius 1 is 0.783 bits per heavy atom. The normalized spacial score (nSPS) is 21.5. The van der Waals surface area contributed by atoms with Crippen LogP contribution in [0, 0.1) is 23.0 Å². The fraction of sp³-hybridized carbons (Fsp3) is 0.615. The highest BCUT2D eigenvalue weighted by atomic mass is 19.1. The number of hydrogen-bond donors (Lipinski definition) is 4. The molecule has 2 atom stereocenters. The van der Waals surface area contributed by atoms with Gasteiger partial charge in [-0.2, -0.15) is 0 Å². The van der Waals surface area contributed by atoms with Gasteiger partial charge in [0.1, 0.15) is 29.6 Å². The van der Waals surface area contributed by atoms with Crippen LogP contribution in [0.15, 0.2) is 48.8 Å². The number of nitrogens with one attached hydrogen (secondary N) is 4. The van der Waals surface area contributed by atoms with Crippen molar-refractivity contribution in [1.29, 1.82) is 0 Å². The van der Waals surface area contributed by atoms with Crippen molar-refractivity contribution < 1.29 is 28.0 Å². The maximum absolute atomic E-state index is 15.7. The second-order valence-corrected chi connectivity index (χ2v) is 21.0. The Hall–Kier alpha value is -5.42. The van der Waals surface area contributed by atoms with Crippen LogP contribution in [0.5, 0.6) is 0 Å². The summed E-state index contributed by atoms with van der Waals surface area (Å²) in [4.78, 5) is 68.1. The van der Waals surface area contributed by atoms with Crippen molar-refractivity contribution in [1.82, 2.24) is 35.7 Å². The van der Waals surface area contributed by atoms with E-state index in [0.29, 0.717) is 69.9 Å². The van der Waals surface area contributed by atoms with E-state index in [1.54, 1.807) is 11.2 Å². The van der Waals surface area contributed by atoms with Crippen molar-refractivity contribution in [3.63, 3.8) is 0 Å². The molecule has 374 valence electrons. The summed E-state index contributed by atoms with van der Waals surface area (Å²) in [5.74, 6) is 0.308. The maximum atomic E-state index is 15.7. The first-order valence-corrected chi connectivity index (χ1v) is 25.5.